The molecule has 1 aliphatic rings. The van der Waals surface area contributed by atoms with Crippen LogP contribution in [0.15, 0.2) is 30.3 Å². The van der Waals surface area contributed by atoms with Crippen molar-refractivity contribution in [2.75, 3.05) is 26.3 Å². The molecule has 1 heterocycles. The third-order valence-electron chi connectivity index (χ3n) is 3.76. The second-order valence-electron chi connectivity index (χ2n) is 5.74. The minimum Gasteiger partial charge on any atom is -0.378 e. The topological polar surface area (TPSA) is 58.6 Å². The lowest BCUT2D eigenvalue weighted by Gasteiger charge is -2.29. The third kappa shape index (κ3) is 5.53. The van der Waals surface area contributed by atoms with Gasteiger partial charge in [-0.05, 0) is 19.4 Å². The molecule has 1 fully saturated rings. The van der Waals surface area contributed by atoms with Crippen molar-refractivity contribution in [3.05, 3.63) is 41.5 Å². The highest BCUT2D eigenvalue weighted by Gasteiger charge is 2.23. The minimum absolute atomic E-state index is 0.0517. The van der Waals surface area contributed by atoms with Crippen LogP contribution in [0.3, 0.4) is 0 Å². The Hall–Kier alpha value is -2.14. The Bertz CT molecular complexity index is 560. The molecule has 1 saturated heterocycles. The summed E-state index contributed by atoms with van der Waals surface area (Å²) < 4.78 is 5.22. The van der Waals surface area contributed by atoms with Crippen molar-refractivity contribution in [1.82, 2.24) is 10.2 Å². The van der Waals surface area contributed by atoms with Gasteiger partial charge in [-0.2, -0.15) is 0 Å². The van der Waals surface area contributed by atoms with Crippen LogP contribution in [0.2, 0.25) is 0 Å². The summed E-state index contributed by atoms with van der Waals surface area (Å²) >= 11 is 0. The van der Waals surface area contributed by atoms with Gasteiger partial charge in [0.15, 0.2) is 0 Å². The van der Waals surface area contributed by atoms with Crippen molar-refractivity contribution in [2.45, 2.75) is 26.3 Å². The molecule has 1 aromatic carbocycles. The first kappa shape index (κ1) is 17.2. The molecule has 1 aromatic rings. The molecular weight excluding hydrogens is 292 g/mol. The molecule has 1 aliphatic heterocycles. The summed E-state index contributed by atoms with van der Waals surface area (Å²) in [5, 5.41) is 2.75. The van der Waals surface area contributed by atoms with Crippen molar-refractivity contribution < 1.29 is 14.3 Å². The van der Waals surface area contributed by atoms with Crippen molar-refractivity contribution in [1.29, 1.82) is 0 Å². The molecule has 0 aliphatic carbocycles. The molecule has 0 radical (unpaired) electrons. The van der Waals surface area contributed by atoms with Gasteiger partial charge in [0.2, 0.25) is 11.8 Å². The number of carbonyl (C=O) groups excluding carboxylic acids is 2. The van der Waals surface area contributed by atoms with E-state index < -0.39 is 6.04 Å². The van der Waals surface area contributed by atoms with Crippen molar-refractivity contribution in [3.8, 4) is 0 Å². The Kier molecular flexibility index (Phi) is 6.35. The number of ether oxygens (including phenoxy) is 1. The van der Waals surface area contributed by atoms with E-state index in [4.69, 9.17) is 4.74 Å². The van der Waals surface area contributed by atoms with E-state index in [9.17, 15) is 9.59 Å². The van der Waals surface area contributed by atoms with E-state index in [0.717, 1.165) is 5.56 Å². The number of morpholine rings is 1. The molecule has 0 saturated carbocycles. The normalized spacial score (nSPS) is 16.3. The third-order valence-corrected chi connectivity index (χ3v) is 3.76. The van der Waals surface area contributed by atoms with Gasteiger partial charge < -0.3 is 15.0 Å². The van der Waals surface area contributed by atoms with E-state index in [2.05, 4.69) is 5.32 Å². The zero-order chi connectivity index (χ0) is 16.7. The molecule has 2 amide bonds. The van der Waals surface area contributed by atoms with Crippen molar-refractivity contribution >= 4 is 17.9 Å². The highest BCUT2D eigenvalue weighted by Crippen LogP contribution is 2.06. The van der Waals surface area contributed by atoms with Gasteiger partial charge in [0, 0.05) is 19.5 Å². The van der Waals surface area contributed by atoms with E-state index in [0.29, 0.717) is 26.3 Å². The average Bonchev–Trinajstić information content (AvgIpc) is 2.56. The Morgan fingerprint density at radius 1 is 1.26 bits per heavy atom. The number of amides is 2. The lowest BCUT2D eigenvalue weighted by atomic mass is 10.1. The molecule has 124 valence electrons. The average molecular weight is 316 g/mol. The second-order valence-corrected chi connectivity index (χ2v) is 5.74. The van der Waals surface area contributed by atoms with Crippen LogP contribution >= 0.6 is 0 Å². The minimum atomic E-state index is -0.506. The lowest BCUT2D eigenvalue weighted by Crippen LogP contribution is -2.50. The van der Waals surface area contributed by atoms with Crippen LogP contribution in [-0.4, -0.2) is 49.1 Å². The predicted molar refractivity (Wildman–Crippen MR) is 89.8 cm³/mol. The van der Waals surface area contributed by atoms with E-state index in [-0.39, 0.29) is 18.2 Å². The first-order valence-electron chi connectivity index (χ1n) is 7.95. The fourth-order valence-corrected chi connectivity index (χ4v) is 2.40. The molecule has 0 aromatic heterocycles. The van der Waals surface area contributed by atoms with Crippen LogP contribution in [-0.2, 0) is 14.3 Å². The number of nitrogens with one attached hydrogen (secondary N) is 1. The summed E-state index contributed by atoms with van der Waals surface area (Å²) in [5.41, 5.74) is 2.26. The van der Waals surface area contributed by atoms with Gasteiger partial charge in [-0.1, -0.05) is 42.0 Å². The quantitative estimate of drug-likeness (QED) is 0.900. The summed E-state index contributed by atoms with van der Waals surface area (Å²) in [6, 6.07) is 7.57. The van der Waals surface area contributed by atoms with E-state index in [1.165, 1.54) is 5.56 Å². The van der Waals surface area contributed by atoms with Gasteiger partial charge in [0.25, 0.3) is 0 Å². The maximum absolute atomic E-state index is 12.2. The van der Waals surface area contributed by atoms with Crippen LogP contribution in [0.5, 0.6) is 0 Å². The maximum Gasteiger partial charge on any atom is 0.245 e. The summed E-state index contributed by atoms with van der Waals surface area (Å²) in [5.74, 6) is -0.202. The van der Waals surface area contributed by atoms with Crippen LogP contribution in [0, 0.1) is 6.92 Å². The maximum atomic E-state index is 12.2. The number of hydrogen-bond acceptors (Lipinski definition) is 3. The first-order chi connectivity index (χ1) is 11.1. The molecule has 2 rings (SSSR count). The fourth-order valence-electron chi connectivity index (χ4n) is 2.40. The van der Waals surface area contributed by atoms with Crippen LogP contribution in [0.25, 0.3) is 6.08 Å². The molecule has 5 heteroatoms. The monoisotopic (exact) mass is 316 g/mol. The van der Waals surface area contributed by atoms with Gasteiger partial charge in [-0.25, -0.2) is 0 Å². The highest BCUT2D eigenvalue weighted by atomic mass is 16.5. The number of benzene rings is 1. The van der Waals surface area contributed by atoms with E-state index in [1.54, 1.807) is 11.8 Å². The van der Waals surface area contributed by atoms with Gasteiger partial charge in [0.1, 0.15) is 6.04 Å². The summed E-state index contributed by atoms with van der Waals surface area (Å²) in [6.07, 6.45) is 3.98. The van der Waals surface area contributed by atoms with Gasteiger partial charge in [0.05, 0.1) is 13.2 Å². The van der Waals surface area contributed by atoms with E-state index in [1.807, 2.05) is 43.3 Å². The molecule has 23 heavy (non-hydrogen) atoms. The Morgan fingerprint density at radius 2 is 1.91 bits per heavy atom. The Morgan fingerprint density at radius 3 is 2.57 bits per heavy atom. The summed E-state index contributed by atoms with van der Waals surface area (Å²) in [4.78, 5) is 25.9. The van der Waals surface area contributed by atoms with Crippen LogP contribution in [0.1, 0.15) is 24.5 Å². The highest BCUT2D eigenvalue weighted by molar-refractivity contribution is 5.88. The Balaban J connectivity index is 1.77. The smallest absolute Gasteiger partial charge is 0.245 e. The molecule has 5 nitrogen and oxygen atoms in total. The zero-order valence-corrected chi connectivity index (χ0v) is 13.7. The number of rotatable bonds is 5. The molecule has 1 N–H and O–H groups in total. The molecule has 0 bridgehead atoms. The number of aryl methyl sites for hydroxylation is 1. The van der Waals surface area contributed by atoms with Gasteiger partial charge in [-0.15, -0.1) is 0 Å². The van der Waals surface area contributed by atoms with Gasteiger partial charge >= 0.3 is 0 Å². The summed E-state index contributed by atoms with van der Waals surface area (Å²) in [6.45, 7) is 6.06. The fraction of sp³-hybridized carbons (Fsp3) is 0.444. The number of hydrogen-bond donors (Lipinski definition) is 1. The van der Waals surface area contributed by atoms with E-state index >= 15 is 0 Å². The van der Waals surface area contributed by atoms with Gasteiger partial charge in [-0.3, -0.25) is 9.59 Å². The predicted octanol–water partition coefficient (Wildman–Crippen LogP) is 1.76. The van der Waals surface area contributed by atoms with Crippen LogP contribution in [0.4, 0.5) is 0 Å². The molecule has 0 spiro atoms. The standard InChI is InChI=1S/C18H24N2O3/c1-14-6-8-16(9-7-14)4-3-5-17(21)19-15(2)18(22)20-10-12-23-13-11-20/h3-4,6-9,15H,5,10-13H2,1-2H3,(H,19,21)/b4-3+. The second kappa shape index (κ2) is 8.48. The molecule has 1 atom stereocenters. The lowest BCUT2D eigenvalue weighted by molar-refractivity contribution is -0.139. The largest absolute Gasteiger partial charge is 0.378 e. The SMILES string of the molecule is Cc1ccc(/C=C/CC(=O)NC(C)C(=O)N2CCOCC2)cc1. The number of carbonyl (C=O) groups is 2. The van der Waals surface area contributed by atoms with Crippen molar-refractivity contribution in [2.24, 2.45) is 0 Å². The zero-order valence-electron chi connectivity index (χ0n) is 13.7. The number of nitrogens with zero attached hydrogens (tertiary/aromatic N) is 1. The Labute approximate surface area is 137 Å². The van der Waals surface area contributed by atoms with Crippen LogP contribution < -0.4 is 5.32 Å². The van der Waals surface area contributed by atoms with Crippen molar-refractivity contribution in [3.63, 3.8) is 0 Å². The molecular formula is C18H24N2O3. The first-order valence-corrected chi connectivity index (χ1v) is 7.95. The molecule has 1 unspecified atom stereocenters. The summed E-state index contributed by atoms with van der Waals surface area (Å²) in [7, 11) is 0.